The zero-order valence-corrected chi connectivity index (χ0v) is 9.71. The summed E-state index contributed by atoms with van der Waals surface area (Å²) in [5.41, 5.74) is 1.83. The number of anilines is 1. The summed E-state index contributed by atoms with van der Waals surface area (Å²) in [7, 11) is 0. The van der Waals surface area contributed by atoms with Gasteiger partial charge >= 0.3 is 0 Å². The summed E-state index contributed by atoms with van der Waals surface area (Å²) in [6.07, 6.45) is 3.22. The van der Waals surface area contributed by atoms with Gasteiger partial charge in [-0.2, -0.15) is 5.26 Å². The highest BCUT2D eigenvalue weighted by molar-refractivity contribution is 5.48. The highest BCUT2D eigenvalue weighted by Crippen LogP contribution is 2.17. The van der Waals surface area contributed by atoms with Crippen molar-refractivity contribution in [2.24, 2.45) is 0 Å². The molecule has 0 bridgehead atoms. The van der Waals surface area contributed by atoms with Crippen LogP contribution in [0.5, 0.6) is 5.75 Å². The fraction of sp³-hybridized carbons (Fsp3) is 0.154. The van der Waals surface area contributed by atoms with Crippen molar-refractivity contribution < 1.29 is 4.74 Å². The molecule has 90 valence electrons. The van der Waals surface area contributed by atoms with Crippen molar-refractivity contribution in [1.29, 1.82) is 5.26 Å². The van der Waals surface area contributed by atoms with Crippen molar-refractivity contribution in [2.75, 3.05) is 11.9 Å². The van der Waals surface area contributed by atoms with E-state index in [1.807, 2.05) is 36.4 Å². The molecule has 2 rings (SSSR count). The Balaban J connectivity index is 1.95. The molecule has 0 aliphatic rings. The molecular weight excluding hydrogens is 228 g/mol. The summed E-state index contributed by atoms with van der Waals surface area (Å²) >= 11 is 0. The second-order valence-corrected chi connectivity index (χ2v) is 3.53. The van der Waals surface area contributed by atoms with Crippen LogP contribution in [0.2, 0.25) is 0 Å². The summed E-state index contributed by atoms with van der Waals surface area (Å²) in [6.45, 7) is 0.666. The fourth-order valence-corrected chi connectivity index (χ4v) is 1.43. The molecule has 0 spiro atoms. The molecule has 0 aliphatic carbocycles. The first-order chi connectivity index (χ1) is 8.88. The molecule has 1 aromatic heterocycles. The van der Waals surface area contributed by atoms with E-state index in [1.165, 1.54) is 6.33 Å². The second-order valence-electron chi connectivity index (χ2n) is 3.53. The number of nitrogens with zero attached hydrogens (tertiary/aromatic N) is 3. The number of ether oxygens (including phenoxy) is 1. The topological polar surface area (TPSA) is 70.8 Å². The van der Waals surface area contributed by atoms with Gasteiger partial charge in [0.15, 0.2) is 6.61 Å². The van der Waals surface area contributed by atoms with Crippen LogP contribution in [0.25, 0.3) is 0 Å². The predicted octanol–water partition coefficient (Wildman–Crippen LogP) is 1.99. The lowest BCUT2D eigenvalue weighted by Gasteiger charge is -2.07. The molecule has 1 aromatic carbocycles. The first kappa shape index (κ1) is 11.9. The van der Waals surface area contributed by atoms with Gasteiger partial charge in [-0.1, -0.05) is 6.07 Å². The molecule has 0 atom stereocenters. The van der Waals surface area contributed by atoms with Gasteiger partial charge in [-0.05, 0) is 18.2 Å². The van der Waals surface area contributed by atoms with Gasteiger partial charge in [0.1, 0.15) is 18.1 Å². The third-order valence-electron chi connectivity index (χ3n) is 2.25. The largest absolute Gasteiger partial charge is 0.479 e. The highest BCUT2D eigenvalue weighted by Gasteiger charge is 1.97. The van der Waals surface area contributed by atoms with Crippen molar-refractivity contribution in [2.45, 2.75) is 6.54 Å². The van der Waals surface area contributed by atoms with Crippen LogP contribution in [0.15, 0.2) is 42.9 Å². The van der Waals surface area contributed by atoms with E-state index in [0.29, 0.717) is 12.3 Å². The van der Waals surface area contributed by atoms with Gasteiger partial charge in [0, 0.05) is 18.0 Å². The number of hydrogen-bond donors (Lipinski definition) is 1. The van der Waals surface area contributed by atoms with Crippen molar-refractivity contribution in [3.8, 4) is 11.8 Å². The van der Waals surface area contributed by atoms with Gasteiger partial charge in [-0.3, -0.25) is 0 Å². The molecule has 5 nitrogen and oxygen atoms in total. The van der Waals surface area contributed by atoms with E-state index in [1.54, 1.807) is 6.20 Å². The molecule has 5 heteroatoms. The van der Waals surface area contributed by atoms with Crippen LogP contribution in [0.4, 0.5) is 5.69 Å². The minimum atomic E-state index is 0.0510. The van der Waals surface area contributed by atoms with Gasteiger partial charge < -0.3 is 10.1 Å². The summed E-state index contributed by atoms with van der Waals surface area (Å²) in [6, 6.07) is 11.2. The maximum Gasteiger partial charge on any atom is 0.174 e. The maximum atomic E-state index is 8.44. The number of hydrogen-bond acceptors (Lipinski definition) is 5. The SMILES string of the molecule is N#CCOc1cccc(NCc2ccncn2)c1. The van der Waals surface area contributed by atoms with Crippen LogP contribution in [-0.2, 0) is 6.54 Å². The number of rotatable bonds is 5. The maximum absolute atomic E-state index is 8.44. The zero-order valence-electron chi connectivity index (χ0n) is 9.71. The van der Waals surface area contributed by atoms with Gasteiger partial charge in [0.2, 0.25) is 0 Å². The Hall–Kier alpha value is -2.61. The summed E-state index contributed by atoms with van der Waals surface area (Å²) < 4.78 is 5.22. The highest BCUT2D eigenvalue weighted by atomic mass is 16.5. The van der Waals surface area contributed by atoms with Crippen molar-refractivity contribution in [1.82, 2.24) is 9.97 Å². The predicted molar refractivity (Wildman–Crippen MR) is 66.9 cm³/mol. The quantitative estimate of drug-likeness (QED) is 0.865. The monoisotopic (exact) mass is 240 g/mol. The molecule has 0 saturated heterocycles. The van der Waals surface area contributed by atoms with Crippen molar-refractivity contribution >= 4 is 5.69 Å². The Bertz CT molecular complexity index is 536. The molecule has 0 unspecified atom stereocenters. The molecule has 0 aliphatic heterocycles. The number of nitriles is 1. The lowest BCUT2D eigenvalue weighted by Crippen LogP contribution is -2.02. The average molecular weight is 240 g/mol. The van der Waals surface area contributed by atoms with Crippen LogP contribution in [0.1, 0.15) is 5.69 Å². The molecule has 0 amide bonds. The Labute approximate surface area is 105 Å². The number of aromatic nitrogens is 2. The van der Waals surface area contributed by atoms with Crippen LogP contribution in [-0.4, -0.2) is 16.6 Å². The molecular formula is C13H12N4O. The number of benzene rings is 1. The fourth-order valence-electron chi connectivity index (χ4n) is 1.43. The van der Waals surface area contributed by atoms with E-state index in [-0.39, 0.29) is 6.61 Å². The molecule has 2 aromatic rings. The van der Waals surface area contributed by atoms with Crippen LogP contribution < -0.4 is 10.1 Å². The molecule has 0 fully saturated rings. The lowest BCUT2D eigenvalue weighted by atomic mass is 10.3. The normalized spacial score (nSPS) is 9.50. The Kier molecular flexibility index (Phi) is 4.09. The van der Waals surface area contributed by atoms with E-state index in [9.17, 15) is 0 Å². The first-order valence-electron chi connectivity index (χ1n) is 5.47. The minimum absolute atomic E-state index is 0.0510. The van der Waals surface area contributed by atoms with E-state index in [2.05, 4.69) is 15.3 Å². The molecule has 1 heterocycles. The van der Waals surface area contributed by atoms with Crippen LogP contribution >= 0.6 is 0 Å². The van der Waals surface area contributed by atoms with Gasteiger partial charge in [-0.25, -0.2) is 9.97 Å². The summed E-state index contributed by atoms with van der Waals surface area (Å²) in [4.78, 5) is 7.98. The molecule has 18 heavy (non-hydrogen) atoms. The smallest absolute Gasteiger partial charge is 0.174 e. The van der Waals surface area contributed by atoms with E-state index < -0.39 is 0 Å². The van der Waals surface area contributed by atoms with E-state index >= 15 is 0 Å². The third kappa shape index (κ3) is 3.46. The summed E-state index contributed by atoms with van der Waals surface area (Å²) in [5.74, 6) is 0.671. The molecule has 0 radical (unpaired) electrons. The lowest BCUT2D eigenvalue weighted by molar-refractivity contribution is 0.368. The average Bonchev–Trinajstić information content (AvgIpc) is 2.44. The van der Waals surface area contributed by atoms with Gasteiger partial charge in [0.25, 0.3) is 0 Å². The zero-order chi connectivity index (χ0) is 12.6. The van der Waals surface area contributed by atoms with E-state index in [0.717, 1.165) is 11.4 Å². The van der Waals surface area contributed by atoms with Crippen LogP contribution in [0.3, 0.4) is 0 Å². The Morgan fingerprint density at radius 1 is 1.33 bits per heavy atom. The Morgan fingerprint density at radius 2 is 2.28 bits per heavy atom. The van der Waals surface area contributed by atoms with Crippen LogP contribution in [0, 0.1) is 11.3 Å². The first-order valence-corrected chi connectivity index (χ1v) is 5.47. The minimum Gasteiger partial charge on any atom is -0.479 e. The molecule has 0 saturated carbocycles. The third-order valence-corrected chi connectivity index (χ3v) is 2.25. The van der Waals surface area contributed by atoms with Crippen molar-refractivity contribution in [3.05, 3.63) is 48.5 Å². The number of nitrogens with one attached hydrogen (secondary N) is 1. The second kappa shape index (κ2) is 6.21. The molecule has 1 N–H and O–H groups in total. The Morgan fingerprint density at radius 3 is 3.06 bits per heavy atom. The van der Waals surface area contributed by atoms with Crippen molar-refractivity contribution in [3.63, 3.8) is 0 Å². The van der Waals surface area contributed by atoms with Gasteiger partial charge in [-0.15, -0.1) is 0 Å². The summed E-state index contributed by atoms with van der Waals surface area (Å²) in [5, 5.41) is 11.7. The standard InChI is InChI=1S/C13H12N4O/c14-5-7-18-13-3-1-2-11(8-13)16-9-12-4-6-15-10-17-12/h1-4,6,8,10,16H,7,9H2. The van der Waals surface area contributed by atoms with Gasteiger partial charge in [0.05, 0.1) is 12.2 Å². The van der Waals surface area contributed by atoms with E-state index in [4.69, 9.17) is 10.00 Å².